The topological polar surface area (TPSA) is 78.7 Å². The third-order valence-electron chi connectivity index (χ3n) is 2.95. The monoisotopic (exact) mass is 354 g/mol. The standard InChI is InChI=1S/C15H14ClNO5P/c1-3-21-23(20)15-9-14(10(2)8-13(15)17(18)19)22-12-6-4-11(16)5-7-12/h4-9H,3H2,1-2H3/q+1. The molecule has 0 amide bonds. The summed E-state index contributed by atoms with van der Waals surface area (Å²) in [6.45, 7) is 3.53. The minimum Gasteiger partial charge on any atom is -0.457 e. The molecule has 0 aliphatic rings. The molecule has 0 heterocycles. The second-order valence-electron chi connectivity index (χ2n) is 4.59. The van der Waals surface area contributed by atoms with Crippen molar-refractivity contribution in [3.8, 4) is 11.5 Å². The van der Waals surface area contributed by atoms with E-state index in [0.717, 1.165) is 0 Å². The summed E-state index contributed by atoms with van der Waals surface area (Å²) in [6, 6.07) is 9.39. The van der Waals surface area contributed by atoms with Gasteiger partial charge in [0.25, 0.3) is 0 Å². The summed E-state index contributed by atoms with van der Waals surface area (Å²) < 4.78 is 22.8. The summed E-state index contributed by atoms with van der Waals surface area (Å²) in [5, 5.41) is 11.7. The highest BCUT2D eigenvalue weighted by molar-refractivity contribution is 7.48. The van der Waals surface area contributed by atoms with E-state index in [0.29, 0.717) is 22.1 Å². The SMILES string of the molecule is CCO[P+](=O)c1cc(Oc2ccc(Cl)cc2)c(C)cc1[N+](=O)[O-]. The van der Waals surface area contributed by atoms with Gasteiger partial charge in [-0.2, -0.15) is 0 Å². The molecule has 120 valence electrons. The van der Waals surface area contributed by atoms with Crippen molar-refractivity contribution in [3.63, 3.8) is 0 Å². The van der Waals surface area contributed by atoms with E-state index < -0.39 is 13.0 Å². The molecule has 0 aliphatic heterocycles. The molecule has 0 aliphatic carbocycles. The molecule has 0 radical (unpaired) electrons. The molecule has 1 atom stereocenters. The lowest BCUT2D eigenvalue weighted by Gasteiger charge is -2.08. The molecule has 6 nitrogen and oxygen atoms in total. The van der Waals surface area contributed by atoms with Gasteiger partial charge in [-0.05, 0) is 48.2 Å². The van der Waals surface area contributed by atoms with Gasteiger partial charge in [-0.25, -0.2) is 0 Å². The summed E-state index contributed by atoms with van der Waals surface area (Å²) in [4.78, 5) is 10.6. The fourth-order valence-electron chi connectivity index (χ4n) is 1.88. The van der Waals surface area contributed by atoms with Crippen LogP contribution in [0.3, 0.4) is 0 Å². The Morgan fingerprint density at radius 2 is 1.91 bits per heavy atom. The molecule has 2 aromatic carbocycles. The van der Waals surface area contributed by atoms with Crippen LogP contribution in [0, 0.1) is 17.0 Å². The molecule has 0 bridgehead atoms. The third kappa shape index (κ3) is 4.26. The van der Waals surface area contributed by atoms with Crippen LogP contribution in [0.25, 0.3) is 0 Å². The molecule has 0 fully saturated rings. The van der Waals surface area contributed by atoms with Gasteiger partial charge in [0.05, 0.1) is 4.92 Å². The zero-order valence-corrected chi connectivity index (χ0v) is 14.1. The van der Waals surface area contributed by atoms with Crippen molar-refractivity contribution >= 4 is 30.6 Å². The Morgan fingerprint density at radius 3 is 2.48 bits per heavy atom. The second kappa shape index (κ2) is 7.51. The number of hydrogen-bond acceptors (Lipinski definition) is 5. The maximum Gasteiger partial charge on any atom is 0.556 e. The smallest absolute Gasteiger partial charge is 0.457 e. The Kier molecular flexibility index (Phi) is 5.66. The minimum absolute atomic E-state index is 0.00131. The highest BCUT2D eigenvalue weighted by Crippen LogP contribution is 2.34. The molecule has 0 aromatic heterocycles. The average molecular weight is 355 g/mol. The Bertz CT molecular complexity index is 748. The molecule has 0 N–H and O–H groups in total. The van der Waals surface area contributed by atoms with E-state index in [1.807, 2.05) is 0 Å². The molecule has 23 heavy (non-hydrogen) atoms. The van der Waals surface area contributed by atoms with Gasteiger partial charge < -0.3 is 4.74 Å². The van der Waals surface area contributed by atoms with Crippen LogP contribution in [0.2, 0.25) is 5.02 Å². The first-order chi connectivity index (χ1) is 10.9. The number of halogens is 1. The Balaban J connectivity index is 2.43. The zero-order chi connectivity index (χ0) is 17.0. The van der Waals surface area contributed by atoms with Crippen LogP contribution < -0.4 is 10.0 Å². The van der Waals surface area contributed by atoms with Crippen molar-refractivity contribution in [1.82, 2.24) is 0 Å². The van der Waals surface area contributed by atoms with Crippen LogP contribution in [0.1, 0.15) is 12.5 Å². The first kappa shape index (κ1) is 17.3. The number of hydrogen-bond donors (Lipinski definition) is 0. The lowest BCUT2D eigenvalue weighted by molar-refractivity contribution is -0.383. The van der Waals surface area contributed by atoms with Crippen molar-refractivity contribution < 1.29 is 18.7 Å². The van der Waals surface area contributed by atoms with Crippen molar-refractivity contribution in [2.45, 2.75) is 13.8 Å². The number of rotatable bonds is 6. The number of ether oxygens (including phenoxy) is 1. The largest absolute Gasteiger partial charge is 0.556 e. The fraction of sp³-hybridized carbons (Fsp3) is 0.200. The van der Waals surface area contributed by atoms with Gasteiger partial charge in [-0.1, -0.05) is 11.6 Å². The van der Waals surface area contributed by atoms with Crippen molar-refractivity contribution in [1.29, 1.82) is 0 Å². The summed E-state index contributed by atoms with van der Waals surface area (Å²) in [5.74, 6) is 0.889. The minimum atomic E-state index is -2.33. The molecule has 8 heteroatoms. The van der Waals surface area contributed by atoms with E-state index in [9.17, 15) is 14.7 Å². The third-order valence-corrected chi connectivity index (χ3v) is 4.45. The van der Waals surface area contributed by atoms with Crippen LogP contribution in [0.5, 0.6) is 11.5 Å². The van der Waals surface area contributed by atoms with Gasteiger partial charge in [0.15, 0.2) is 0 Å². The van der Waals surface area contributed by atoms with E-state index in [4.69, 9.17) is 20.9 Å². The van der Waals surface area contributed by atoms with Gasteiger partial charge in [-0.3, -0.25) is 10.1 Å². The predicted octanol–water partition coefficient (Wildman–Crippen LogP) is 4.75. The summed E-state index contributed by atoms with van der Waals surface area (Å²) >= 11 is 5.82. The molecule has 2 rings (SSSR count). The van der Waals surface area contributed by atoms with Gasteiger partial charge in [-0.15, -0.1) is 4.52 Å². The molecule has 0 saturated carbocycles. The number of benzene rings is 2. The van der Waals surface area contributed by atoms with E-state index in [-0.39, 0.29) is 17.6 Å². The van der Waals surface area contributed by atoms with Gasteiger partial charge >= 0.3 is 19.0 Å². The first-order valence-corrected chi connectivity index (χ1v) is 8.30. The highest BCUT2D eigenvalue weighted by Gasteiger charge is 2.34. The van der Waals surface area contributed by atoms with Crippen molar-refractivity contribution in [2.75, 3.05) is 6.61 Å². The van der Waals surface area contributed by atoms with Crippen LogP contribution >= 0.6 is 19.6 Å². The molecule has 1 unspecified atom stereocenters. The van der Waals surface area contributed by atoms with E-state index >= 15 is 0 Å². The number of nitrogens with zero attached hydrogens (tertiary/aromatic N) is 1. The summed E-state index contributed by atoms with van der Waals surface area (Å²) in [5.41, 5.74) is 0.302. The molecule has 2 aromatic rings. The highest BCUT2D eigenvalue weighted by atomic mass is 35.5. The quantitative estimate of drug-likeness (QED) is 0.425. The fourth-order valence-corrected chi connectivity index (χ4v) is 2.94. The maximum atomic E-state index is 12.1. The van der Waals surface area contributed by atoms with Crippen LogP contribution in [-0.2, 0) is 9.09 Å². The second-order valence-corrected chi connectivity index (χ2v) is 6.29. The number of nitro groups is 1. The zero-order valence-electron chi connectivity index (χ0n) is 12.5. The van der Waals surface area contributed by atoms with Gasteiger partial charge in [0.2, 0.25) is 0 Å². The van der Waals surface area contributed by atoms with E-state index in [1.165, 1.54) is 12.1 Å². The number of aryl methyl sites for hydroxylation is 1. The van der Waals surface area contributed by atoms with Gasteiger partial charge in [0.1, 0.15) is 18.1 Å². The number of nitro benzene ring substituents is 1. The summed E-state index contributed by atoms with van der Waals surface area (Å²) in [7, 11) is -2.33. The Hall–Kier alpha value is -2.01. The first-order valence-electron chi connectivity index (χ1n) is 6.75. The van der Waals surface area contributed by atoms with Gasteiger partial charge in [0, 0.05) is 17.2 Å². The maximum absolute atomic E-state index is 12.1. The van der Waals surface area contributed by atoms with Crippen LogP contribution in [-0.4, -0.2) is 11.5 Å². The van der Waals surface area contributed by atoms with Crippen LogP contribution in [0.15, 0.2) is 36.4 Å². The van der Waals surface area contributed by atoms with Crippen molar-refractivity contribution in [3.05, 3.63) is 57.1 Å². The Labute approximate surface area is 139 Å². The van der Waals surface area contributed by atoms with Crippen molar-refractivity contribution in [2.24, 2.45) is 0 Å². The lowest BCUT2D eigenvalue weighted by Crippen LogP contribution is -2.08. The molecular weight excluding hydrogens is 341 g/mol. The molecular formula is C15H14ClNO5P+. The predicted molar refractivity (Wildman–Crippen MR) is 88.2 cm³/mol. The Morgan fingerprint density at radius 1 is 1.26 bits per heavy atom. The average Bonchev–Trinajstić information content (AvgIpc) is 2.51. The lowest BCUT2D eigenvalue weighted by atomic mass is 10.2. The van der Waals surface area contributed by atoms with Crippen LogP contribution in [0.4, 0.5) is 5.69 Å². The molecule has 0 saturated heterocycles. The van der Waals surface area contributed by atoms with E-state index in [2.05, 4.69) is 0 Å². The summed E-state index contributed by atoms with van der Waals surface area (Å²) in [6.07, 6.45) is 0. The molecule has 0 spiro atoms. The van der Waals surface area contributed by atoms with E-state index in [1.54, 1.807) is 38.1 Å². The normalized spacial score (nSPS) is 11.2.